The van der Waals surface area contributed by atoms with Gasteiger partial charge in [0, 0.05) is 16.3 Å². The first kappa shape index (κ1) is 18.8. The number of para-hydroxylation sites is 1. The van der Waals surface area contributed by atoms with Crippen LogP contribution in [0.4, 0.5) is 11.4 Å². The average Bonchev–Trinajstić information content (AvgIpc) is 2.61. The Morgan fingerprint density at radius 1 is 1.12 bits per heavy atom. The summed E-state index contributed by atoms with van der Waals surface area (Å²) in [5.74, 6) is -0.171. The summed E-state index contributed by atoms with van der Waals surface area (Å²) in [6, 6.07) is 14.8. The normalized spacial score (nSPS) is 12.7. The second-order valence-corrected chi connectivity index (χ2v) is 7.75. The number of carbonyl (C=O) groups excluding carboxylic acids is 1. The van der Waals surface area contributed by atoms with Crippen molar-refractivity contribution < 1.29 is 9.53 Å². The largest absolute Gasteiger partial charge is 0.466 e. The van der Waals surface area contributed by atoms with Crippen LogP contribution >= 0.6 is 11.8 Å². The molecule has 1 aliphatic heterocycles. The van der Waals surface area contributed by atoms with E-state index in [9.17, 15) is 4.79 Å². The van der Waals surface area contributed by atoms with Gasteiger partial charge >= 0.3 is 5.97 Å². The zero-order valence-corrected chi connectivity index (χ0v) is 16.5. The summed E-state index contributed by atoms with van der Waals surface area (Å²) >= 11 is 1.80. The molecule has 0 saturated carbocycles. The molecule has 2 aromatic carbocycles. The van der Waals surface area contributed by atoms with Crippen molar-refractivity contribution in [1.82, 2.24) is 4.90 Å². The summed E-state index contributed by atoms with van der Waals surface area (Å²) in [5.41, 5.74) is 3.44. The highest BCUT2D eigenvalue weighted by Gasteiger charge is 2.23. The molecule has 138 valence electrons. The van der Waals surface area contributed by atoms with Crippen molar-refractivity contribution in [3.05, 3.63) is 48.0 Å². The molecule has 0 unspecified atom stereocenters. The Labute approximate surface area is 160 Å². The monoisotopic (exact) mass is 370 g/mol. The van der Waals surface area contributed by atoms with Crippen LogP contribution in [0.25, 0.3) is 0 Å². The van der Waals surface area contributed by atoms with E-state index in [1.165, 1.54) is 21.2 Å². The van der Waals surface area contributed by atoms with Gasteiger partial charge in [-0.05, 0) is 63.8 Å². The number of carbonyl (C=O) groups is 1. The summed E-state index contributed by atoms with van der Waals surface area (Å²) < 4.78 is 5.10. The van der Waals surface area contributed by atoms with Gasteiger partial charge < -0.3 is 14.5 Å². The molecule has 0 spiro atoms. The number of fused-ring (bicyclic) bond motifs is 2. The Hall–Kier alpha value is -1.98. The molecular formula is C21H26N2O2S. The minimum atomic E-state index is -0.171. The first-order valence-corrected chi connectivity index (χ1v) is 9.88. The number of nitrogens with zero attached hydrogens (tertiary/aromatic N) is 2. The van der Waals surface area contributed by atoms with Gasteiger partial charge in [-0.15, -0.1) is 0 Å². The fraction of sp³-hybridized carbons (Fsp3) is 0.381. The van der Waals surface area contributed by atoms with E-state index < -0.39 is 0 Å². The third kappa shape index (κ3) is 4.40. The lowest BCUT2D eigenvalue weighted by molar-refractivity contribution is -0.142. The fourth-order valence-electron chi connectivity index (χ4n) is 3.15. The van der Waals surface area contributed by atoms with E-state index >= 15 is 0 Å². The van der Waals surface area contributed by atoms with E-state index in [2.05, 4.69) is 60.3 Å². The van der Waals surface area contributed by atoms with Crippen molar-refractivity contribution in [2.75, 3.05) is 38.7 Å². The average molecular weight is 371 g/mol. The van der Waals surface area contributed by atoms with Gasteiger partial charge in [0.25, 0.3) is 0 Å². The van der Waals surface area contributed by atoms with Crippen LogP contribution in [0.1, 0.15) is 18.9 Å². The lowest BCUT2D eigenvalue weighted by Crippen LogP contribution is -2.25. The summed E-state index contributed by atoms with van der Waals surface area (Å²) in [5, 5.41) is 0. The second-order valence-electron chi connectivity index (χ2n) is 6.66. The van der Waals surface area contributed by atoms with Gasteiger partial charge in [-0.1, -0.05) is 30.0 Å². The van der Waals surface area contributed by atoms with E-state index in [0.29, 0.717) is 13.0 Å². The minimum absolute atomic E-state index is 0.171. The first-order chi connectivity index (χ1) is 12.6. The number of hydrogen-bond acceptors (Lipinski definition) is 5. The molecule has 0 amide bonds. The van der Waals surface area contributed by atoms with Gasteiger partial charge in [0.15, 0.2) is 0 Å². The molecule has 0 saturated heterocycles. The molecule has 2 aromatic rings. The predicted octanol–water partition coefficient (Wildman–Crippen LogP) is 4.35. The first-order valence-electron chi connectivity index (χ1n) is 9.06. The van der Waals surface area contributed by atoms with Crippen molar-refractivity contribution in [3.63, 3.8) is 0 Å². The zero-order valence-electron chi connectivity index (χ0n) is 15.7. The van der Waals surface area contributed by atoms with Gasteiger partial charge in [-0.2, -0.15) is 0 Å². The van der Waals surface area contributed by atoms with Crippen LogP contribution in [-0.2, 0) is 16.0 Å². The highest BCUT2D eigenvalue weighted by atomic mass is 32.2. The van der Waals surface area contributed by atoms with Crippen LogP contribution < -0.4 is 4.90 Å². The molecule has 0 atom stereocenters. The molecule has 3 rings (SSSR count). The molecule has 0 fully saturated rings. The van der Waals surface area contributed by atoms with Crippen LogP contribution in [0.3, 0.4) is 0 Å². The van der Waals surface area contributed by atoms with Gasteiger partial charge in [-0.25, -0.2) is 0 Å². The quantitative estimate of drug-likeness (QED) is 0.677. The Kier molecular flexibility index (Phi) is 6.22. The molecule has 1 heterocycles. The van der Waals surface area contributed by atoms with Gasteiger partial charge in [-0.3, -0.25) is 4.79 Å². The van der Waals surface area contributed by atoms with Crippen LogP contribution in [0.5, 0.6) is 0 Å². The van der Waals surface area contributed by atoms with Crippen LogP contribution in [0, 0.1) is 0 Å². The van der Waals surface area contributed by atoms with Gasteiger partial charge in [0.05, 0.1) is 24.4 Å². The van der Waals surface area contributed by atoms with Crippen molar-refractivity contribution >= 4 is 29.1 Å². The van der Waals surface area contributed by atoms with Crippen LogP contribution in [0.2, 0.25) is 0 Å². The van der Waals surface area contributed by atoms with Crippen molar-refractivity contribution in [2.45, 2.75) is 29.6 Å². The van der Waals surface area contributed by atoms with Gasteiger partial charge in [0.1, 0.15) is 0 Å². The summed E-state index contributed by atoms with van der Waals surface area (Å²) in [4.78, 5) is 19.0. The second kappa shape index (κ2) is 8.60. The number of rotatable bonds is 7. The Morgan fingerprint density at radius 2 is 1.88 bits per heavy atom. The predicted molar refractivity (Wildman–Crippen MR) is 108 cm³/mol. The molecule has 0 aromatic heterocycles. The highest BCUT2D eigenvalue weighted by molar-refractivity contribution is 7.99. The summed E-state index contributed by atoms with van der Waals surface area (Å²) in [7, 11) is 4.21. The maximum atomic E-state index is 11.9. The third-order valence-electron chi connectivity index (χ3n) is 4.33. The lowest BCUT2D eigenvalue weighted by atomic mass is 10.1. The number of hydrogen-bond donors (Lipinski definition) is 0. The standard InChI is InChI=1S/C21H26N2O2S/c1-4-25-21(24)15-16-10-11-20-18(14-16)23(13-7-12-22(2)3)17-8-5-6-9-19(17)26-20/h5-6,8-11,14H,4,7,12-13,15H2,1-3H3. The molecule has 0 bridgehead atoms. The van der Waals surface area contributed by atoms with E-state index in [1.807, 2.05) is 13.0 Å². The molecule has 5 heteroatoms. The SMILES string of the molecule is CCOC(=O)Cc1ccc2c(c1)N(CCCN(C)C)c1ccccc1S2. The van der Waals surface area contributed by atoms with E-state index in [4.69, 9.17) is 4.74 Å². The maximum Gasteiger partial charge on any atom is 0.310 e. The van der Waals surface area contributed by atoms with Crippen molar-refractivity contribution in [3.8, 4) is 0 Å². The fourth-order valence-corrected chi connectivity index (χ4v) is 4.23. The summed E-state index contributed by atoms with van der Waals surface area (Å²) in [6.45, 7) is 4.25. The Morgan fingerprint density at radius 3 is 2.65 bits per heavy atom. The van der Waals surface area contributed by atoms with Crippen LogP contribution in [0.15, 0.2) is 52.3 Å². The highest BCUT2D eigenvalue weighted by Crippen LogP contribution is 2.48. The molecule has 1 aliphatic rings. The smallest absolute Gasteiger partial charge is 0.310 e. The Balaban J connectivity index is 1.88. The number of ether oxygens (including phenoxy) is 1. The Bertz CT molecular complexity index is 776. The molecule has 26 heavy (non-hydrogen) atoms. The van der Waals surface area contributed by atoms with Gasteiger partial charge in [0.2, 0.25) is 0 Å². The van der Waals surface area contributed by atoms with E-state index in [-0.39, 0.29) is 5.97 Å². The topological polar surface area (TPSA) is 32.8 Å². The summed E-state index contributed by atoms with van der Waals surface area (Å²) in [6.07, 6.45) is 1.40. The number of benzene rings is 2. The van der Waals surface area contributed by atoms with E-state index in [0.717, 1.165) is 25.1 Å². The lowest BCUT2D eigenvalue weighted by Gasteiger charge is -2.33. The maximum absolute atomic E-state index is 11.9. The van der Waals surface area contributed by atoms with Crippen molar-refractivity contribution in [2.24, 2.45) is 0 Å². The van der Waals surface area contributed by atoms with E-state index in [1.54, 1.807) is 11.8 Å². The molecule has 0 radical (unpaired) electrons. The number of esters is 1. The third-order valence-corrected chi connectivity index (χ3v) is 5.46. The van der Waals surface area contributed by atoms with Crippen molar-refractivity contribution in [1.29, 1.82) is 0 Å². The molecule has 4 nitrogen and oxygen atoms in total. The zero-order chi connectivity index (χ0) is 18.5. The number of anilines is 2. The molecule has 0 aliphatic carbocycles. The minimum Gasteiger partial charge on any atom is -0.466 e. The molecule has 0 N–H and O–H groups in total. The van der Waals surface area contributed by atoms with Crippen LogP contribution in [-0.4, -0.2) is 44.7 Å². The molecular weight excluding hydrogens is 344 g/mol.